The van der Waals surface area contributed by atoms with E-state index in [-0.39, 0.29) is 6.04 Å². The summed E-state index contributed by atoms with van der Waals surface area (Å²) in [5.41, 5.74) is 2.50. The molecule has 2 bridgehead atoms. The number of hydrogen-bond acceptors (Lipinski definition) is 1. The van der Waals surface area contributed by atoms with E-state index >= 15 is 0 Å². The first kappa shape index (κ1) is 13.7. The van der Waals surface area contributed by atoms with Gasteiger partial charge >= 0.3 is 0 Å². The fourth-order valence-electron chi connectivity index (χ4n) is 4.07. The van der Waals surface area contributed by atoms with Gasteiger partial charge in [-0.3, -0.25) is 4.79 Å². The molecule has 0 radical (unpaired) electrons. The number of fused-ring (bicyclic) bond motifs is 2. The van der Waals surface area contributed by atoms with Crippen LogP contribution in [0.15, 0.2) is 24.3 Å². The van der Waals surface area contributed by atoms with Crippen LogP contribution < -0.4 is 0 Å². The molecule has 4 atom stereocenters. The maximum Gasteiger partial charge on any atom is 0.226 e. The van der Waals surface area contributed by atoms with Gasteiger partial charge in [-0.1, -0.05) is 36.2 Å². The van der Waals surface area contributed by atoms with Crippen LogP contribution in [0, 0.1) is 24.7 Å². The van der Waals surface area contributed by atoms with Crippen LogP contribution in [-0.2, 0) is 4.79 Å². The molecular formula is C18H25NO. The molecule has 0 N–H and O–H groups in total. The summed E-state index contributed by atoms with van der Waals surface area (Å²) in [6.45, 7) is 4.23. The summed E-state index contributed by atoms with van der Waals surface area (Å²) in [6, 6.07) is 8.71. The number of carbonyl (C=O) groups is 1. The van der Waals surface area contributed by atoms with Crippen molar-refractivity contribution in [3.63, 3.8) is 0 Å². The largest absolute Gasteiger partial charge is 0.339 e. The Morgan fingerprint density at radius 1 is 1.20 bits per heavy atom. The molecule has 0 saturated heterocycles. The molecule has 3 rings (SSSR count). The highest BCUT2D eigenvalue weighted by atomic mass is 16.2. The smallest absolute Gasteiger partial charge is 0.226 e. The summed E-state index contributed by atoms with van der Waals surface area (Å²) in [5.74, 6) is 2.16. The lowest BCUT2D eigenvalue weighted by atomic mass is 9.87. The Labute approximate surface area is 122 Å². The Hall–Kier alpha value is -1.31. The summed E-state index contributed by atoms with van der Waals surface area (Å²) in [7, 11) is 1.97. The summed E-state index contributed by atoms with van der Waals surface area (Å²) in [6.07, 6.45) is 5.05. The molecule has 4 unspecified atom stereocenters. The van der Waals surface area contributed by atoms with E-state index < -0.39 is 0 Å². The molecular weight excluding hydrogens is 246 g/mol. The summed E-state index contributed by atoms with van der Waals surface area (Å²) in [5, 5.41) is 0. The van der Waals surface area contributed by atoms with Gasteiger partial charge < -0.3 is 4.90 Å². The van der Waals surface area contributed by atoms with Crippen LogP contribution in [0.5, 0.6) is 0 Å². The number of benzene rings is 1. The number of rotatable bonds is 3. The third-order valence-electron chi connectivity index (χ3n) is 5.54. The minimum absolute atomic E-state index is 0.169. The minimum atomic E-state index is 0.169. The molecule has 2 heteroatoms. The van der Waals surface area contributed by atoms with Crippen LogP contribution in [0.4, 0.5) is 0 Å². The Balaban J connectivity index is 1.70. The van der Waals surface area contributed by atoms with Crippen LogP contribution in [0.2, 0.25) is 0 Å². The van der Waals surface area contributed by atoms with Crippen molar-refractivity contribution in [1.29, 1.82) is 0 Å². The van der Waals surface area contributed by atoms with Crippen molar-refractivity contribution in [1.82, 2.24) is 4.90 Å². The zero-order chi connectivity index (χ0) is 14.3. The van der Waals surface area contributed by atoms with Crippen LogP contribution in [-0.4, -0.2) is 17.9 Å². The lowest BCUT2D eigenvalue weighted by molar-refractivity contribution is -0.137. The van der Waals surface area contributed by atoms with Gasteiger partial charge in [-0.05, 0) is 50.5 Å². The second kappa shape index (κ2) is 5.23. The summed E-state index contributed by atoms with van der Waals surface area (Å²) >= 11 is 0. The van der Waals surface area contributed by atoms with Crippen molar-refractivity contribution in [2.75, 3.05) is 7.05 Å². The molecule has 20 heavy (non-hydrogen) atoms. The number of hydrogen-bond donors (Lipinski definition) is 0. The van der Waals surface area contributed by atoms with E-state index in [1.807, 2.05) is 11.9 Å². The van der Waals surface area contributed by atoms with Gasteiger partial charge in [0, 0.05) is 13.0 Å². The number of carbonyl (C=O) groups excluding carboxylic acids is 1. The molecule has 1 amide bonds. The summed E-state index contributed by atoms with van der Waals surface area (Å²) in [4.78, 5) is 14.7. The normalized spacial score (nSPS) is 29.4. The van der Waals surface area contributed by atoms with Gasteiger partial charge in [-0.2, -0.15) is 0 Å². The predicted molar refractivity (Wildman–Crippen MR) is 81.3 cm³/mol. The number of nitrogens with zero attached hydrogens (tertiary/aromatic N) is 1. The highest BCUT2D eigenvalue weighted by Crippen LogP contribution is 2.49. The quantitative estimate of drug-likeness (QED) is 0.815. The van der Waals surface area contributed by atoms with E-state index in [4.69, 9.17) is 0 Å². The van der Waals surface area contributed by atoms with Crippen LogP contribution >= 0.6 is 0 Å². The Morgan fingerprint density at radius 3 is 2.45 bits per heavy atom. The fourth-order valence-corrected chi connectivity index (χ4v) is 4.07. The third-order valence-corrected chi connectivity index (χ3v) is 5.54. The standard InChI is InChI=1S/C18H25NO/c1-12-4-7-15(8-5-12)13(2)19(3)18(20)17-11-14-6-9-16(17)10-14/h4-5,7-8,13-14,16-17H,6,9-11H2,1-3H3. The van der Waals surface area contributed by atoms with E-state index in [1.165, 1.54) is 30.4 Å². The molecule has 1 aromatic rings. The highest BCUT2D eigenvalue weighted by Gasteiger charge is 2.44. The van der Waals surface area contributed by atoms with E-state index in [1.54, 1.807) is 0 Å². The molecule has 0 spiro atoms. The van der Waals surface area contributed by atoms with Gasteiger partial charge in [0.2, 0.25) is 5.91 Å². The second-order valence-corrected chi connectivity index (χ2v) is 6.82. The van der Waals surface area contributed by atoms with E-state index in [2.05, 4.69) is 38.1 Å². The molecule has 2 fully saturated rings. The molecule has 2 saturated carbocycles. The third kappa shape index (κ3) is 2.36. The first-order valence-electron chi connectivity index (χ1n) is 7.89. The lowest BCUT2D eigenvalue weighted by Crippen LogP contribution is -2.37. The van der Waals surface area contributed by atoms with Crippen molar-refractivity contribution in [3.05, 3.63) is 35.4 Å². The van der Waals surface area contributed by atoms with Crippen molar-refractivity contribution in [2.24, 2.45) is 17.8 Å². The second-order valence-electron chi connectivity index (χ2n) is 6.82. The SMILES string of the molecule is Cc1ccc(C(C)N(C)C(=O)C2CC3CCC2C3)cc1. The van der Waals surface area contributed by atoms with Crippen LogP contribution in [0.1, 0.15) is 49.8 Å². The molecule has 2 nitrogen and oxygen atoms in total. The van der Waals surface area contributed by atoms with Crippen molar-refractivity contribution in [2.45, 2.75) is 45.6 Å². The lowest BCUT2D eigenvalue weighted by Gasteiger charge is -2.31. The molecule has 0 aromatic heterocycles. The van der Waals surface area contributed by atoms with Gasteiger partial charge in [-0.25, -0.2) is 0 Å². The molecule has 1 aromatic carbocycles. The molecule has 2 aliphatic carbocycles. The first-order chi connectivity index (χ1) is 9.56. The molecule has 0 heterocycles. The topological polar surface area (TPSA) is 20.3 Å². The highest BCUT2D eigenvalue weighted by molar-refractivity contribution is 5.80. The average Bonchev–Trinajstić information content (AvgIpc) is 3.08. The van der Waals surface area contributed by atoms with Gasteiger partial charge in [-0.15, -0.1) is 0 Å². The van der Waals surface area contributed by atoms with Crippen molar-refractivity contribution in [3.8, 4) is 0 Å². The zero-order valence-electron chi connectivity index (χ0n) is 12.8. The first-order valence-corrected chi connectivity index (χ1v) is 7.89. The Bertz CT molecular complexity index is 493. The van der Waals surface area contributed by atoms with Gasteiger partial charge in [0.1, 0.15) is 0 Å². The Morgan fingerprint density at radius 2 is 1.90 bits per heavy atom. The van der Waals surface area contributed by atoms with Crippen molar-refractivity contribution < 1.29 is 4.79 Å². The van der Waals surface area contributed by atoms with Crippen LogP contribution in [0.25, 0.3) is 0 Å². The van der Waals surface area contributed by atoms with E-state index in [0.717, 1.165) is 12.3 Å². The minimum Gasteiger partial charge on any atom is -0.339 e. The van der Waals surface area contributed by atoms with Crippen molar-refractivity contribution >= 4 is 5.91 Å². The molecule has 108 valence electrons. The molecule has 2 aliphatic rings. The van der Waals surface area contributed by atoms with Gasteiger partial charge in [0.05, 0.1) is 6.04 Å². The fraction of sp³-hybridized carbons (Fsp3) is 0.611. The maximum absolute atomic E-state index is 12.7. The Kier molecular flexibility index (Phi) is 3.57. The molecule has 0 aliphatic heterocycles. The number of aryl methyl sites for hydroxylation is 1. The summed E-state index contributed by atoms with van der Waals surface area (Å²) < 4.78 is 0. The predicted octanol–water partition coefficient (Wildman–Crippen LogP) is 3.95. The van der Waals surface area contributed by atoms with Gasteiger partial charge in [0.25, 0.3) is 0 Å². The van der Waals surface area contributed by atoms with Gasteiger partial charge in [0.15, 0.2) is 0 Å². The van der Waals surface area contributed by atoms with E-state index in [9.17, 15) is 4.79 Å². The zero-order valence-corrected chi connectivity index (χ0v) is 12.8. The average molecular weight is 271 g/mol. The van der Waals surface area contributed by atoms with E-state index in [0.29, 0.717) is 17.7 Å². The maximum atomic E-state index is 12.7. The number of amides is 1. The monoisotopic (exact) mass is 271 g/mol. The van der Waals surface area contributed by atoms with Crippen LogP contribution in [0.3, 0.4) is 0 Å².